The van der Waals surface area contributed by atoms with E-state index in [-0.39, 0.29) is 6.61 Å². The van der Waals surface area contributed by atoms with E-state index in [1.165, 1.54) is 0 Å². The number of ether oxygens (including phenoxy) is 3. The van der Waals surface area contributed by atoms with Gasteiger partial charge in [0.05, 0.1) is 13.7 Å². The molecule has 0 aliphatic carbocycles. The van der Waals surface area contributed by atoms with Crippen LogP contribution in [-0.2, 0) is 19.0 Å². The zero-order chi connectivity index (χ0) is 16.4. The summed E-state index contributed by atoms with van der Waals surface area (Å²) in [6, 6.07) is 6.38. The van der Waals surface area contributed by atoms with E-state index in [9.17, 15) is 13.6 Å². The monoisotopic (exact) mass is 399 g/mol. The van der Waals surface area contributed by atoms with Gasteiger partial charge in [0.15, 0.2) is 0 Å². The van der Waals surface area contributed by atoms with Crippen LogP contribution in [0.2, 0.25) is 0 Å². The van der Waals surface area contributed by atoms with Crippen molar-refractivity contribution in [1.82, 2.24) is 0 Å². The molecule has 0 saturated carbocycles. The Hall–Kier alpha value is -0.960. The molecule has 0 amide bonds. The smallest absolute Gasteiger partial charge is 0.369 e. The van der Waals surface area contributed by atoms with Gasteiger partial charge in [-0.25, -0.2) is 0 Å². The van der Waals surface area contributed by atoms with Crippen molar-refractivity contribution in [3.63, 3.8) is 0 Å². The Balaban J connectivity index is 2.41. The number of carbonyl (C=O) groups is 1. The minimum Gasteiger partial charge on any atom is -0.469 e. The predicted molar refractivity (Wildman–Crippen MR) is 78.7 cm³/mol. The molecule has 5 nitrogen and oxygen atoms in total. The summed E-state index contributed by atoms with van der Waals surface area (Å²) in [5.41, 5.74) is -2.17. The SMILES string of the molecule is COC(=O)[C@H]1COCO[C@]1(Nc1ccc(Br)cc1)C(F)(F)Cl. The van der Waals surface area contributed by atoms with Crippen molar-refractivity contribution in [2.24, 2.45) is 5.92 Å². The third kappa shape index (κ3) is 3.34. The van der Waals surface area contributed by atoms with E-state index in [0.717, 1.165) is 11.6 Å². The van der Waals surface area contributed by atoms with Crippen LogP contribution in [0, 0.1) is 5.92 Å². The molecule has 0 unspecified atom stereocenters. The predicted octanol–water partition coefficient (Wildman–Crippen LogP) is 3.18. The highest BCUT2D eigenvalue weighted by Gasteiger charge is 2.63. The normalized spacial score (nSPS) is 25.6. The van der Waals surface area contributed by atoms with Crippen molar-refractivity contribution in [2.45, 2.75) is 11.1 Å². The molecular weight excluding hydrogens is 387 g/mol. The Kier molecular flexibility index (Phi) is 5.26. The van der Waals surface area contributed by atoms with Gasteiger partial charge in [-0.05, 0) is 35.9 Å². The fraction of sp³-hybridized carbons (Fsp3) is 0.462. The third-order valence-corrected chi connectivity index (χ3v) is 4.04. The van der Waals surface area contributed by atoms with Crippen molar-refractivity contribution < 1.29 is 27.8 Å². The number of esters is 1. The van der Waals surface area contributed by atoms with Gasteiger partial charge < -0.3 is 19.5 Å². The van der Waals surface area contributed by atoms with Crippen molar-refractivity contribution in [1.29, 1.82) is 0 Å². The van der Waals surface area contributed by atoms with Gasteiger partial charge in [0, 0.05) is 10.2 Å². The van der Waals surface area contributed by atoms with E-state index in [0.29, 0.717) is 5.69 Å². The lowest BCUT2D eigenvalue weighted by Gasteiger charge is -2.44. The summed E-state index contributed by atoms with van der Waals surface area (Å²) in [5, 5.41) is -1.37. The molecule has 1 saturated heterocycles. The molecule has 122 valence electrons. The van der Waals surface area contributed by atoms with Gasteiger partial charge >= 0.3 is 11.4 Å². The quantitative estimate of drug-likeness (QED) is 0.621. The summed E-state index contributed by atoms with van der Waals surface area (Å²) in [6.07, 6.45) is 0. The number of methoxy groups -OCH3 is 1. The first-order valence-corrected chi connectivity index (χ1v) is 7.37. The fourth-order valence-corrected chi connectivity index (χ4v) is 2.61. The van der Waals surface area contributed by atoms with Gasteiger partial charge in [0.2, 0.25) is 5.72 Å². The molecular formula is C13H13BrClF2NO4. The molecule has 2 atom stereocenters. The molecule has 1 aromatic rings. The second kappa shape index (κ2) is 6.66. The first-order chi connectivity index (χ1) is 10.3. The number of nitrogens with one attached hydrogen (secondary N) is 1. The van der Waals surface area contributed by atoms with Crippen molar-refractivity contribution >= 4 is 39.2 Å². The molecule has 0 spiro atoms. The van der Waals surface area contributed by atoms with Crippen LogP contribution in [-0.4, -0.2) is 37.6 Å². The molecule has 1 aliphatic rings. The van der Waals surface area contributed by atoms with Crippen molar-refractivity contribution in [3.05, 3.63) is 28.7 Å². The summed E-state index contributed by atoms with van der Waals surface area (Å²) in [4.78, 5) is 11.9. The van der Waals surface area contributed by atoms with Crippen LogP contribution in [0.25, 0.3) is 0 Å². The number of alkyl halides is 3. The zero-order valence-corrected chi connectivity index (χ0v) is 13.8. The maximum absolute atomic E-state index is 14.1. The third-order valence-electron chi connectivity index (χ3n) is 3.23. The molecule has 1 fully saturated rings. The highest BCUT2D eigenvalue weighted by molar-refractivity contribution is 9.10. The van der Waals surface area contributed by atoms with Crippen molar-refractivity contribution in [2.75, 3.05) is 25.8 Å². The first-order valence-electron chi connectivity index (χ1n) is 6.20. The molecule has 1 N–H and O–H groups in total. The number of carbonyl (C=O) groups excluding carboxylic acids is 1. The molecule has 1 heterocycles. The Morgan fingerprint density at radius 2 is 2.14 bits per heavy atom. The summed E-state index contributed by atoms with van der Waals surface area (Å²) in [6.45, 7) is -0.738. The second-order valence-electron chi connectivity index (χ2n) is 4.57. The Morgan fingerprint density at radius 1 is 1.50 bits per heavy atom. The van der Waals surface area contributed by atoms with Gasteiger partial charge in [-0.15, -0.1) is 0 Å². The molecule has 0 radical (unpaired) electrons. The van der Waals surface area contributed by atoms with Crippen LogP contribution in [0.15, 0.2) is 28.7 Å². The number of halogens is 4. The number of anilines is 1. The van der Waals surface area contributed by atoms with Crippen LogP contribution in [0.4, 0.5) is 14.5 Å². The molecule has 0 aromatic heterocycles. The Bertz CT molecular complexity index is 540. The maximum Gasteiger partial charge on any atom is 0.369 e. The van der Waals surface area contributed by atoms with Crippen LogP contribution in [0.1, 0.15) is 0 Å². The molecule has 1 aromatic carbocycles. The van der Waals surface area contributed by atoms with E-state index >= 15 is 0 Å². The standard InChI is InChI=1S/C13H13BrClF2NO4/c1-20-11(19)10-6-21-7-22-12(10,13(15,16)17)18-9-4-2-8(14)3-5-9/h2-5,10,18H,6-7H2,1H3/t10-,12+/m1/s1. The molecule has 9 heteroatoms. The average Bonchev–Trinajstić information content (AvgIpc) is 2.48. The lowest BCUT2D eigenvalue weighted by Crippen LogP contribution is -2.64. The average molecular weight is 401 g/mol. The van der Waals surface area contributed by atoms with Crippen LogP contribution >= 0.6 is 27.5 Å². The molecule has 2 rings (SSSR count). The number of rotatable bonds is 4. The summed E-state index contributed by atoms with van der Waals surface area (Å²) in [7, 11) is 1.09. The van der Waals surface area contributed by atoms with E-state index in [4.69, 9.17) is 21.1 Å². The van der Waals surface area contributed by atoms with Crippen LogP contribution < -0.4 is 5.32 Å². The fourth-order valence-electron chi connectivity index (χ4n) is 2.12. The largest absolute Gasteiger partial charge is 0.469 e. The number of hydrogen-bond donors (Lipinski definition) is 1. The minimum atomic E-state index is -3.89. The molecule has 22 heavy (non-hydrogen) atoms. The van der Waals surface area contributed by atoms with E-state index in [1.54, 1.807) is 24.3 Å². The van der Waals surface area contributed by atoms with Crippen LogP contribution in [0.5, 0.6) is 0 Å². The van der Waals surface area contributed by atoms with Crippen molar-refractivity contribution in [3.8, 4) is 0 Å². The van der Waals surface area contributed by atoms with Crippen LogP contribution in [0.3, 0.4) is 0 Å². The van der Waals surface area contributed by atoms with E-state index in [1.807, 2.05) is 0 Å². The second-order valence-corrected chi connectivity index (χ2v) is 5.96. The summed E-state index contributed by atoms with van der Waals surface area (Å²) >= 11 is 8.49. The molecule has 0 bridgehead atoms. The van der Waals surface area contributed by atoms with Gasteiger partial charge in [-0.2, -0.15) is 8.78 Å². The Labute approximate surface area is 139 Å². The summed E-state index contributed by atoms with van der Waals surface area (Å²) in [5.74, 6) is -2.35. The number of benzene rings is 1. The van der Waals surface area contributed by atoms with Gasteiger partial charge in [0.1, 0.15) is 12.7 Å². The number of hydrogen-bond acceptors (Lipinski definition) is 5. The first kappa shape index (κ1) is 17.4. The lowest BCUT2D eigenvalue weighted by atomic mass is 9.94. The Morgan fingerprint density at radius 3 is 2.68 bits per heavy atom. The van der Waals surface area contributed by atoms with Gasteiger partial charge in [0.25, 0.3) is 0 Å². The molecule has 1 aliphatic heterocycles. The van der Waals surface area contributed by atoms with E-state index in [2.05, 4.69) is 26.0 Å². The maximum atomic E-state index is 14.1. The van der Waals surface area contributed by atoms with Gasteiger partial charge in [-0.3, -0.25) is 4.79 Å². The zero-order valence-electron chi connectivity index (χ0n) is 11.4. The minimum absolute atomic E-state index is 0.305. The highest BCUT2D eigenvalue weighted by atomic mass is 79.9. The highest BCUT2D eigenvalue weighted by Crippen LogP contribution is 2.44. The lowest BCUT2D eigenvalue weighted by molar-refractivity contribution is -0.268. The summed E-state index contributed by atoms with van der Waals surface area (Å²) < 4.78 is 43.5. The van der Waals surface area contributed by atoms with Gasteiger partial charge in [-0.1, -0.05) is 15.9 Å². The van der Waals surface area contributed by atoms with E-state index < -0.39 is 29.8 Å². The topological polar surface area (TPSA) is 56.8 Å².